The van der Waals surface area contributed by atoms with Gasteiger partial charge in [0.1, 0.15) is 0 Å². The van der Waals surface area contributed by atoms with E-state index in [0.717, 1.165) is 4.90 Å². The van der Waals surface area contributed by atoms with E-state index in [0.29, 0.717) is 5.75 Å². The number of rotatable bonds is 0. The van der Waals surface area contributed by atoms with E-state index in [4.69, 9.17) is 0 Å². The molecular formula is C19H12OS. The molecule has 2 heteroatoms. The van der Waals surface area contributed by atoms with Crippen LogP contribution in [-0.2, 0) is 10.8 Å². The van der Waals surface area contributed by atoms with Crippen LogP contribution in [0.3, 0.4) is 0 Å². The van der Waals surface area contributed by atoms with Gasteiger partial charge in [-0.1, -0.05) is 48.5 Å². The average Bonchev–Trinajstić information content (AvgIpc) is 3.08. The van der Waals surface area contributed by atoms with Crippen molar-refractivity contribution in [1.82, 2.24) is 0 Å². The van der Waals surface area contributed by atoms with Crippen molar-refractivity contribution in [3.63, 3.8) is 0 Å². The zero-order chi connectivity index (χ0) is 14.0. The fraction of sp³-hybridized carbons (Fsp3) is 0.0526. The summed E-state index contributed by atoms with van der Waals surface area (Å²) < 4.78 is 12.1. The van der Waals surface area contributed by atoms with Gasteiger partial charge in [0, 0.05) is 10.6 Å². The van der Waals surface area contributed by atoms with Crippen LogP contribution in [0.1, 0.15) is 5.56 Å². The zero-order valence-corrected chi connectivity index (χ0v) is 12.1. The summed E-state index contributed by atoms with van der Waals surface area (Å²) in [7, 11) is -0.870. The molecule has 100 valence electrons. The Labute approximate surface area is 124 Å². The zero-order valence-electron chi connectivity index (χ0n) is 11.3. The summed E-state index contributed by atoms with van der Waals surface area (Å²) in [6.07, 6.45) is 4.40. The second-order valence-corrected chi connectivity index (χ2v) is 7.01. The van der Waals surface area contributed by atoms with Gasteiger partial charge in [0.25, 0.3) is 0 Å². The molecule has 0 N–H and O–H groups in total. The van der Waals surface area contributed by atoms with Crippen LogP contribution in [0.4, 0.5) is 0 Å². The maximum Gasteiger partial charge on any atom is 0.0574 e. The Morgan fingerprint density at radius 3 is 2.71 bits per heavy atom. The largest absolute Gasteiger partial charge is 0.254 e. The van der Waals surface area contributed by atoms with Crippen molar-refractivity contribution < 1.29 is 4.21 Å². The van der Waals surface area contributed by atoms with Crippen LogP contribution >= 0.6 is 0 Å². The first-order chi connectivity index (χ1) is 10.3. The number of fused-ring (bicyclic) bond motifs is 6. The summed E-state index contributed by atoms with van der Waals surface area (Å²) in [5.41, 5.74) is 1.28. The molecule has 0 amide bonds. The van der Waals surface area contributed by atoms with Crippen molar-refractivity contribution in [2.45, 2.75) is 4.90 Å². The molecule has 0 radical (unpaired) electrons. The maximum absolute atomic E-state index is 12.1. The van der Waals surface area contributed by atoms with Crippen molar-refractivity contribution >= 4 is 33.7 Å². The van der Waals surface area contributed by atoms with Crippen molar-refractivity contribution in [2.75, 3.05) is 5.75 Å². The maximum atomic E-state index is 12.1. The molecule has 1 aliphatic carbocycles. The van der Waals surface area contributed by atoms with Gasteiger partial charge >= 0.3 is 0 Å². The Hall–Kier alpha value is -2.19. The number of hydrogen-bond donors (Lipinski definition) is 0. The Balaban J connectivity index is 2.11. The quantitative estimate of drug-likeness (QED) is 0.485. The van der Waals surface area contributed by atoms with E-state index < -0.39 is 10.8 Å². The van der Waals surface area contributed by atoms with Gasteiger partial charge in [-0.15, -0.1) is 0 Å². The molecule has 2 aliphatic rings. The third-order valence-corrected chi connectivity index (χ3v) is 5.78. The number of benzene rings is 3. The molecule has 0 spiro atoms. The molecule has 0 aromatic heterocycles. The Kier molecular flexibility index (Phi) is 2.14. The summed E-state index contributed by atoms with van der Waals surface area (Å²) in [6, 6.07) is 17.0. The Morgan fingerprint density at radius 1 is 0.905 bits per heavy atom. The van der Waals surface area contributed by atoms with Gasteiger partial charge in [0.2, 0.25) is 0 Å². The van der Waals surface area contributed by atoms with Crippen LogP contribution in [-0.4, -0.2) is 9.96 Å². The molecule has 0 bridgehead atoms. The Morgan fingerprint density at radius 2 is 1.76 bits per heavy atom. The minimum Gasteiger partial charge on any atom is -0.254 e. The van der Waals surface area contributed by atoms with Crippen LogP contribution in [0.2, 0.25) is 0 Å². The molecule has 1 unspecified atom stereocenters. The van der Waals surface area contributed by atoms with Crippen LogP contribution in [0, 0.1) is 10.4 Å². The average molecular weight is 288 g/mol. The summed E-state index contributed by atoms with van der Waals surface area (Å²) in [4.78, 5) is 0.986. The molecule has 0 saturated carbocycles. The van der Waals surface area contributed by atoms with E-state index in [-0.39, 0.29) is 0 Å². The molecule has 3 aromatic rings. The minimum atomic E-state index is -0.870. The van der Waals surface area contributed by atoms with E-state index >= 15 is 0 Å². The van der Waals surface area contributed by atoms with Crippen LogP contribution in [0.15, 0.2) is 53.4 Å². The van der Waals surface area contributed by atoms with Gasteiger partial charge < -0.3 is 0 Å². The summed E-state index contributed by atoms with van der Waals surface area (Å²) >= 11 is 0. The van der Waals surface area contributed by atoms with Crippen molar-refractivity contribution in [2.24, 2.45) is 0 Å². The highest BCUT2D eigenvalue weighted by Gasteiger charge is 2.16. The monoisotopic (exact) mass is 288 g/mol. The molecular weight excluding hydrogens is 276 g/mol. The minimum absolute atomic E-state index is 0.644. The van der Waals surface area contributed by atoms with Crippen LogP contribution in [0.5, 0.6) is 0 Å². The van der Waals surface area contributed by atoms with Gasteiger partial charge in [-0.25, -0.2) is 0 Å². The predicted octanol–water partition coefficient (Wildman–Crippen LogP) is 2.17. The van der Waals surface area contributed by atoms with Gasteiger partial charge in [0.05, 0.1) is 10.8 Å². The highest BCUT2D eigenvalue weighted by atomic mass is 32.2. The molecule has 21 heavy (non-hydrogen) atoms. The van der Waals surface area contributed by atoms with Crippen molar-refractivity contribution in [3.05, 3.63) is 75.0 Å². The highest BCUT2D eigenvalue weighted by Crippen LogP contribution is 2.23. The third-order valence-electron chi connectivity index (χ3n) is 4.46. The predicted molar refractivity (Wildman–Crippen MR) is 86.6 cm³/mol. The van der Waals surface area contributed by atoms with Crippen LogP contribution < -0.4 is 10.4 Å². The topological polar surface area (TPSA) is 17.1 Å². The molecule has 5 rings (SSSR count). The van der Waals surface area contributed by atoms with E-state index in [1.807, 2.05) is 6.07 Å². The fourth-order valence-corrected chi connectivity index (χ4v) is 4.66. The Bertz CT molecular complexity index is 1170. The molecule has 1 aliphatic heterocycles. The van der Waals surface area contributed by atoms with E-state index in [1.54, 1.807) is 0 Å². The second-order valence-electron chi connectivity index (χ2n) is 5.55. The number of hydrogen-bond acceptors (Lipinski definition) is 1. The molecule has 3 aromatic carbocycles. The smallest absolute Gasteiger partial charge is 0.0574 e. The van der Waals surface area contributed by atoms with E-state index in [9.17, 15) is 4.21 Å². The summed E-state index contributed by atoms with van der Waals surface area (Å²) in [5, 5.41) is 7.52. The summed E-state index contributed by atoms with van der Waals surface area (Å²) in [5.74, 6) is 0.644. The van der Waals surface area contributed by atoms with Gasteiger partial charge in [-0.05, 0) is 49.4 Å². The SMILES string of the molecule is O=S1CC=c2c1ccc1ccc3c(c21)C=c1ccccc1=3. The normalized spacial score (nSPS) is 17.8. The summed E-state index contributed by atoms with van der Waals surface area (Å²) in [6.45, 7) is 0. The second kappa shape index (κ2) is 3.92. The molecule has 1 nitrogen and oxygen atoms in total. The van der Waals surface area contributed by atoms with Gasteiger partial charge in [0.15, 0.2) is 0 Å². The first kappa shape index (κ1) is 11.5. The first-order valence-corrected chi connectivity index (χ1v) is 8.40. The lowest BCUT2D eigenvalue weighted by atomic mass is 10.0. The lowest BCUT2D eigenvalue weighted by molar-refractivity contribution is 0.686. The lowest BCUT2D eigenvalue weighted by Crippen LogP contribution is -2.06. The fourth-order valence-electron chi connectivity index (χ4n) is 3.51. The molecule has 1 atom stereocenters. The highest BCUT2D eigenvalue weighted by molar-refractivity contribution is 7.85. The lowest BCUT2D eigenvalue weighted by Gasteiger charge is -2.04. The van der Waals surface area contributed by atoms with Gasteiger partial charge in [-0.3, -0.25) is 4.21 Å². The molecule has 0 saturated heterocycles. The van der Waals surface area contributed by atoms with E-state index in [1.165, 1.54) is 37.2 Å². The molecule has 0 fully saturated rings. The standard InChI is InChI=1S/C19H12OS/c20-21-10-9-16-18(21)8-6-12-5-7-15-14-4-2-1-3-13(14)11-17(15)19(12)16/h1-9,11H,10H2. The third kappa shape index (κ3) is 1.43. The first-order valence-electron chi connectivity index (χ1n) is 7.08. The molecule has 1 heterocycles. The van der Waals surface area contributed by atoms with Crippen molar-refractivity contribution in [3.8, 4) is 0 Å². The van der Waals surface area contributed by atoms with E-state index in [2.05, 4.69) is 54.6 Å². The van der Waals surface area contributed by atoms with Crippen LogP contribution in [0.25, 0.3) is 22.9 Å². The van der Waals surface area contributed by atoms with Gasteiger partial charge in [-0.2, -0.15) is 0 Å². The van der Waals surface area contributed by atoms with Crippen molar-refractivity contribution in [1.29, 1.82) is 0 Å².